The first-order valence-corrected chi connectivity index (χ1v) is 13.6. The predicted octanol–water partition coefficient (Wildman–Crippen LogP) is 8.98. The lowest BCUT2D eigenvalue weighted by molar-refractivity contribution is 0.0496. The number of aromatic hydroxyl groups is 1. The van der Waals surface area contributed by atoms with E-state index in [0.717, 1.165) is 59.1 Å². The summed E-state index contributed by atoms with van der Waals surface area (Å²) in [7, 11) is 0. The largest absolute Gasteiger partial charge is 0.507 e. The molecule has 3 aromatic carbocycles. The molecule has 0 saturated heterocycles. The quantitative estimate of drug-likeness (QED) is 0.235. The number of ether oxygens (including phenoxy) is 1. The zero-order chi connectivity index (χ0) is 27.2. The van der Waals surface area contributed by atoms with Crippen LogP contribution < -0.4 is 0 Å². The number of unbranched alkanes of at least 4 members (excludes halogenated alkanes) is 3. The highest BCUT2D eigenvalue weighted by molar-refractivity contribution is 5.94. The van der Waals surface area contributed by atoms with Crippen molar-refractivity contribution >= 4 is 5.97 Å². The third kappa shape index (κ3) is 7.25. The van der Waals surface area contributed by atoms with Crippen molar-refractivity contribution in [3.05, 3.63) is 88.5 Å². The van der Waals surface area contributed by atoms with Gasteiger partial charge in [0.1, 0.15) is 5.75 Å². The summed E-state index contributed by atoms with van der Waals surface area (Å²) in [6.45, 7) is 15.3. The molecule has 0 saturated carbocycles. The van der Waals surface area contributed by atoms with Crippen molar-refractivity contribution < 1.29 is 14.6 Å². The standard InChI is InChI=1S/C34H44O3/c1-8-9-10-14-20-37-32(36)27-19-15-18-26(28(27)21-24-16-12-11-13-17-24)25-22-29(33(2,3)4)31(35)30(23-25)34(5,6)7/h11-13,15-19,22-23,35H,8-10,14,20-21H2,1-7H3. The normalized spacial score (nSPS) is 12.0. The Labute approximate surface area is 223 Å². The zero-order valence-electron chi connectivity index (χ0n) is 23.8. The average molecular weight is 501 g/mol. The molecule has 0 heterocycles. The van der Waals surface area contributed by atoms with Gasteiger partial charge in [-0.25, -0.2) is 4.79 Å². The van der Waals surface area contributed by atoms with Gasteiger partial charge in [0.05, 0.1) is 12.2 Å². The van der Waals surface area contributed by atoms with E-state index in [1.807, 2.05) is 30.3 Å². The molecular formula is C34H44O3. The lowest BCUT2D eigenvalue weighted by Gasteiger charge is -2.29. The molecule has 3 rings (SSSR count). The van der Waals surface area contributed by atoms with Gasteiger partial charge < -0.3 is 9.84 Å². The molecule has 0 aliphatic carbocycles. The van der Waals surface area contributed by atoms with Crippen molar-refractivity contribution in [1.29, 1.82) is 0 Å². The number of phenolic OH excluding ortho intramolecular Hbond substituents is 1. The second kappa shape index (κ2) is 12.0. The van der Waals surface area contributed by atoms with E-state index in [-0.39, 0.29) is 16.8 Å². The van der Waals surface area contributed by atoms with Crippen LogP contribution in [0.1, 0.15) is 107 Å². The van der Waals surface area contributed by atoms with Crippen LogP contribution in [0.3, 0.4) is 0 Å². The highest BCUT2D eigenvalue weighted by Gasteiger charge is 2.28. The molecule has 0 radical (unpaired) electrons. The van der Waals surface area contributed by atoms with Crippen LogP contribution in [0.2, 0.25) is 0 Å². The lowest BCUT2D eigenvalue weighted by atomic mass is 9.77. The Morgan fingerprint density at radius 2 is 1.43 bits per heavy atom. The average Bonchev–Trinajstić information content (AvgIpc) is 2.83. The summed E-state index contributed by atoms with van der Waals surface area (Å²) in [5, 5.41) is 11.3. The van der Waals surface area contributed by atoms with E-state index < -0.39 is 0 Å². The summed E-state index contributed by atoms with van der Waals surface area (Å²) < 4.78 is 5.74. The second-order valence-corrected chi connectivity index (χ2v) is 12.1. The highest BCUT2D eigenvalue weighted by atomic mass is 16.5. The first kappa shape index (κ1) is 28.5. The zero-order valence-corrected chi connectivity index (χ0v) is 23.8. The molecule has 0 amide bonds. The van der Waals surface area contributed by atoms with E-state index in [4.69, 9.17) is 4.74 Å². The molecule has 0 bridgehead atoms. The van der Waals surface area contributed by atoms with E-state index in [2.05, 4.69) is 78.8 Å². The highest BCUT2D eigenvalue weighted by Crippen LogP contribution is 2.43. The maximum absolute atomic E-state index is 13.3. The Hall–Kier alpha value is -3.07. The number of carbonyl (C=O) groups is 1. The Morgan fingerprint density at radius 1 is 0.811 bits per heavy atom. The number of carbonyl (C=O) groups excluding carboxylic acids is 1. The van der Waals surface area contributed by atoms with Crippen LogP contribution in [0.5, 0.6) is 5.75 Å². The van der Waals surface area contributed by atoms with Crippen molar-refractivity contribution in [1.82, 2.24) is 0 Å². The molecule has 0 aliphatic rings. The van der Waals surface area contributed by atoms with Gasteiger partial charge in [-0.3, -0.25) is 0 Å². The van der Waals surface area contributed by atoms with Gasteiger partial charge in [0, 0.05) is 11.1 Å². The van der Waals surface area contributed by atoms with Gasteiger partial charge in [-0.2, -0.15) is 0 Å². The summed E-state index contributed by atoms with van der Waals surface area (Å²) in [5.74, 6) is 0.0890. The first-order chi connectivity index (χ1) is 17.4. The maximum atomic E-state index is 13.3. The lowest BCUT2D eigenvalue weighted by Crippen LogP contribution is -2.17. The van der Waals surface area contributed by atoms with Crippen molar-refractivity contribution in [3.8, 4) is 16.9 Å². The predicted molar refractivity (Wildman–Crippen MR) is 155 cm³/mol. The first-order valence-electron chi connectivity index (χ1n) is 13.6. The maximum Gasteiger partial charge on any atom is 0.338 e. The molecule has 1 N–H and O–H groups in total. The smallest absolute Gasteiger partial charge is 0.338 e. The molecule has 3 nitrogen and oxygen atoms in total. The minimum atomic E-state index is -0.268. The Morgan fingerprint density at radius 3 is 2.00 bits per heavy atom. The topological polar surface area (TPSA) is 46.5 Å². The molecule has 198 valence electrons. The van der Waals surface area contributed by atoms with Crippen molar-refractivity contribution in [2.75, 3.05) is 6.61 Å². The number of phenols is 1. The van der Waals surface area contributed by atoms with Gasteiger partial charge in [-0.1, -0.05) is 110 Å². The molecular weight excluding hydrogens is 456 g/mol. The minimum absolute atomic E-state index is 0.241. The van der Waals surface area contributed by atoms with E-state index in [9.17, 15) is 9.90 Å². The molecule has 37 heavy (non-hydrogen) atoms. The molecule has 0 spiro atoms. The Bertz CT molecular complexity index is 1160. The molecule has 0 aromatic heterocycles. The van der Waals surface area contributed by atoms with Crippen LogP contribution in [-0.4, -0.2) is 17.7 Å². The number of hydrogen-bond donors (Lipinski definition) is 1. The van der Waals surface area contributed by atoms with Crippen molar-refractivity contribution in [2.45, 2.75) is 91.4 Å². The summed E-state index contributed by atoms with van der Waals surface area (Å²) in [4.78, 5) is 13.3. The van der Waals surface area contributed by atoms with Gasteiger partial charge in [-0.05, 0) is 64.1 Å². The Balaban J connectivity index is 2.16. The summed E-state index contributed by atoms with van der Waals surface area (Å²) >= 11 is 0. The Kier molecular flexibility index (Phi) is 9.23. The number of rotatable bonds is 9. The molecule has 0 unspecified atom stereocenters. The third-order valence-corrected chi connectivity index (χ3v) is 6.89. The van der Waals surface area contributed by atoms with Crippen LogP contribution in [0.25, 0.3) is 11.1 Å². The van der Waals surface area contributed by atoms with E-state index in [0.29, 0.717) is 24.3 Å². The number of hydrogen-bond acceptors (Lipinski definition) is 3. The van der Waals surface area contributed by atoms with Gasteiger partial charge in [0.2, 0.25) is 0 Å². The van der Waals surface area contributed by atoms with Crippen molar-refractivity contribution in [2.24, 2.45) is 0 Å². The van der Waals surface area contributed by atoms with Gasteiger partial charge in [0.15, 0.2) is 0 Å². The van der Waals surface area contributed by atoms with Crippen molar-refractivity contribution in [3.63, 3.8) is 0 Å². The molecule has 0 atom stereocenters. The summed E-state index contributed by atoms with van der Waals surface area (Å²) in [6, 6.07) is 20.3. The van der Waals surface area contributed by atoms with Crippen LogP contribution in [0.15, 0.2) is 60.7 Å². The fourth-order valence-corrected chi connectivity index (χ4v) is 4.74. The number of esters is 1. The minimum Gasteiger partial charge on any atom is -0.507 e. The monoisotopic (exact) mass is 500 g/mol. The van der Waals surface area contributed by atoms with Gasteiger partial charge in [-0.15, -0.1) is 0 Å². The molecule has 3 aromatic rings. The summed E-state index contributed by atoms with van der Waals surface area (Å²) in [5.41, 5.74) is 6.05. The fraction of sp³-hybridized carbons (Fsp3) is 0.441. The second-order valence-electron chi connectivity index (χ2n) is 12.1. The van der Waals surface area contributed by atoms with Crippen LogP contribution in [0, 0.1) is 0 Å². The SMILES string of the molecule is CCCCCCOC(=O)c1cccc(-c2cc(C(C)(C)C)c(O)c(C(C)(C)C)c2)c1Cc1ccccc1. The molecule has 0 fully saturated rings. The van der Waals surface area contributed by atoms with E-state index >= 15 is 0 Å². The van der Waals surface area contributed by atoms with Crippen LogP contribution in [0.4, 0.5) is 0 Å². The van der Waals surface area contributed by atoms with Crippen LogP contribution >= 0.6 is 0 Å². The van der Waals surface area contributed by atoms with E-state index in [1.54, 1.807) is 0 Å². The van der Waals surface area contributed by atoms with E-state index in [1.165, 1.54) is 0 Å². The fourth-order valence-electron chi connectivity index (χ4n) is 4.74. The molecule has 3 heteroatoms. The van der Waals surface area contributed by atoms with Gasteiger partial charge in [0.25, 0.3) is 0 Å². The van der Waals surface area contributed by atoms with Gasteiger partial charge >= 0.3 is 5.97 Å². The summed E-state index contributed by atoms with van der Waals surface area (Å²) in [6.07, 6.45) is 4.87. The number of benzene rings is 3. The molecule has 0 aliphatic heterocycles. The van der Waals surface area contributed by atoms with Crippen LogP contribution in [-0.2, 0) is 22.0 Å². The third-order valence-electron chi connectivity index (χ3n) is 6.89.